The molecule has 136 valence electrons. The van der Waals surface area contributed by atoms with E-state index < -0.39 is 0 Å². The highest BCUT2D eigenvalue weighted by Gasteiger charge is 2.22. The lowest BCUT2D eigenvalue weighted by atomic mass is 9.77. The molecule has 0 aromatic heterocycles. The van der Waals surface area contributed by atoms with Crippen LogP contribution in [0.3, 0.4) is 0 Å². The normalized spacial score (nSPS) is 12.0. The van der Waals surface area contributed by atoms with Crippen molar-refractivity contribution in [2.24, 2.45) is 0 Å². The summed E-state index contributed by atoms with van der Waals surface area (Å²) in [5.41, 5.74) is 7.78. The molecule has 0 aliphatic heterocycles. The molecule has 0 bridgehead atoms. The van der Waals surface area contributed by atoms with Crippen molar-refractivity contribution in [3.63, 3.8) is 0 Å². The molecule has 3 aromatic carbocycles. The van der Waals surface area contributed by atoms with Crippen LogP contribution in [0.2, 0.25) is 0 Å². The summed E-state index contributed by atoms with van der Waals surface area (Å²) >= 11 is 0. The molecule has 0 spiro atoms. The molecule has 0 N–H and O–H groups in total. The van der Waals surface area contributed by atoms with Gasteiger partial charge in [-0.05, 0) is 52.1 Å². The summed E-state index contributed by atoms with van der Waals surface area (Å²) in [6.45, 7) is 10.8. The van der Waals surface area contributed by atoms with Crippen molar-refractivity contribution < 1.29 is 0 Å². The fourth-order valence-electron chi connectivity index (χ4n) is 3.59. The maximum absolute atomic E-state index is 3.95. The quantitative estimate of drug-likeness (QED) is 0.402. The highest BCUT2D eigenvalue weighted by atomic mass is 14.3. The van der Waals surface area contributed by atoms with Crippen LogP contribution in [0.25, 0.3) is 17.7 Å². The second-order valence-electron chi connectivity index (χ2n) is 7.73. The van der Waals surface area contributed by atoms with Crippen molar-refractivity contribution in [2.45, 2.75) is 32.6 Å². The van der Waals surface area contributed by atoms with Gasteiger partial charge in [-0.25, -0.2) is 0 Å². The van der Waals surface area contributed by atoms with Crippen molar-refractivity contribution in [2.75, 3.05) is 0 Å². The lowest BCUT2D eigenvalue weighted by Gasteiger charge is -2.27. The van der Waals surface area contributed by atoms with Gasteiger partial charge in [0.25, 0.3) is 0 Å². The Hall–Kier alpha value is -2.86. The minimum absolute atomic E-state index is 0.0485. The Balaban J connectivity index is 2.07. The number of hydrogen-bond acceptors (Lipinski definition) is 0. The second-order valence-corrected chi connectivity index (χ2v) is 7.73. The molecule has 0 amide bonds. The molecule has 0 heterocycles. The lowest BCUT2D eigenvalue weighted by molar-refractivity contribution is 0.542. The van der Waals surface area contributed by atoms with E-state index in [1.165, 1.54) is 33.4 Å². The van der Waals surface area contributed by atoms with Crippen molar-refractivity contribution in [3.8, 4) is 0 Å². The van der Waals surface area contributed by atoms with E-state index >= 15 is 0 Å². The van der Waals surface area contributed by atoms with Crippen LogP contribution in [0, 0.1) is 6.92 Å². The molecule has 3 aromatic rings. The fraction of sp³-hybridized carbons (Fsp3) is 0.185. The summed E-state index contributed by atoms with van der Waals surface area (Å²) < 4.78 is 0. The Labute approximate surface area is 163 Å². The van der Waals surface area contributed by atoms with Gasteiger partial charge in [0.05, 0.1) is 0 Å². The molecule has 0 atom stereocenters. The molecule has 0 nitrogen and oxygen atoms in total. The maximum Gasteiger partial charge on any atom is -0.00630 e. The number of hydrogen-bond donors (Lipinski definition) is 0. The topological polar surface area (TPSA) is 0 Å². The molecule has 0 unspecified atom stereocenters. The Morgan fingerprint density at radius 2 is 1.41 bits per heavy atom. The standard InChI is InChI=1S/C27H28/c1-5-22-15-12-16-24(21(22)2)19-25(23-13-8-6-9-14-23)20-27(3,4)26-17-10-7-11-18-26/h5-19H,1,20H2,2-4H3. The van der Waals surface area contributed by atoms with E-state index in [9.17, 15) is 0 Å². The largest absolute Gasteiger partial charge is 0.0985 e. The van der Waals surface area contributed by atoms with Gasteiger partial charge in [0.15, 0.2) is 0 Å². The first-order valence-corrected chi connectivity index (χ1v) is 9.55. The van der Waals surface area contributed by atoms with E-state index in [0.29, 0.717) is 0 Å². The second kappa shape index (κ2) is 8.22. The molecule has 0 aliphatic carbocycles. The zero-order chi connectivity index (χ0) is 19.3. The third-order valence-electron chi connectivity index (χ3n) is 5.30. The number of rotatable bonds is 6. The van der Waals surface area contributed by atoms with E-state index in [2.05, 4.69) is 112 Å². The van der Waals surface area contributed by atoms with E-state index in [4.69, 9.17) is 0 Å². The summed E-state index contributed by atoms with van der Waals surface area (Å²) in [6.07, 6.45) is 5.25. The Kier molecular flexibility index (Phi) is 5.76. The molecule has 0 aliphatic rings. The van der Waals surface area contributed by atoms with Gasteiger partial charge < -0.3 is 0 Å². The molecular weight excluding hydrogens is 324 g/mol. The first-order chi connectivity index (χ1) is 13.0. The lowest BCUT2D eigenvalue weighted by Crippen LogP contribution is -2.17. The average Bonchev–Trinajstić information content (AvgIpc) is 2.70. The van der Waals surface area contributed by atoms with Crippen LogP contribution in [0.15, 0.2) is 85.4 Å². The fourth-order valence-corrected chi connectivity index (χ4v) is 3.59. The minimum atomic E-state index is 0.0485. The van der Waals surface area contributed by atoms with Crippen LogP contribution < -0.4 is 0 Å². The van der Waals surface area contributed by atoms with Crippen LogP contribution in [-0.4, -0.2) is 0 Å². The summed E-state index contributed by atoms with van der Waals surface area (Å²) in [5.74, 6) is 0. The maximum atomic E-state index is 3.95. The van der Waals surface area contributed by atoms with Crippen LogP contribution in [0.1, 0.15) is 48.1 Å². The molecule has 0 radical (unpaired) electrons. The van der Waals surface area contributed by atoms with Crippen LogP contribution in [-0.2, 0) is 5.41 Å². The molecule has 0 fully saturated rings. The number of allylic oxidation sites excluding steroid dienone is 1. The highest BCUT2D eigenvalue weighted by molar-refractivity contribution is 5.83. The summed E-state index contributed by atoms with van der Waals surface area (Å²) in [7, 11) is 0. The Bertz CT molecular complexity index is 928. The van der Waals surface area contributed by atoms with E-state index in [1.54, 1.807) is 0 Å². The van der Waals surface area contributed by atoms with Gasteiger partial charge in [0.1, 0.15) is 0 Å². The molecule has 27 heavy (non-hydrogen) atoms. The predicted molar refractivity (Wildman–Crippen MR) is 120 cm³/mol. The Morgan fingerprint density at radius 3 is 2.04 bits per heavy atom. The van der Waals surface area contributed by atoms with Gasteiger partial charge in [-0.15, -0.1) is 0 Å². The zero-order valence-corrected chi connectivity index (χ0v) is 16.6. The van der Waals surface area contributed by atoms with Crippen LogP contribution in [0.4, 0.5) is 0 Å². The first-order valence-electron chi connectivity index (χ1n) is 9.55. The monoisotopic (exact) mass is 352 g/mol. The zero-order valence-electron chi connectivity index (χ0n) is 16.6. The third kappa shape index (κ3) is 4.46. The van der Waals surface area contributed by atoms with Crippen molar-refractivity contribution in [1.29, 1.82) is 0 Å². The number of benzene rings is 3. The van der Waals surface area contributed by atoms with Gasteiger partial charge in [0.2, 0.25) is 0 Å². The molecule has 0 saturated carbocycles. The minimum Gasteiger partial charge on any atom is -0.0985 e. The molecule has 3 rings (SSSR count). The van der Waals surface area contributed by atoms with Crippen molar-refractivity contribution >= 4 is 17.7 Å². The molecule has 0 heteroatoms. The SMILES string of the molecule is C=Cc1cccc(C=C(CC(C)(C)c2ccccc2)c2ccccc2)c1C. The van der Waals surface area contributed by atoms with Crippen LogP contribution >= 0.6 is 0 Å². The first kappa shape index (κ1) is 18.9. The van der Waals surface area contributed by atoms with Gasteiger partial charge in [-0.3, -0.25) is 0 Å². The van der Waals surface area contributed by atoms with Gasteiger partial charge >= 0.3 is 0 Å². The smallest absolute Gasteiger partial charge is 0.00630 e. The van der Waals surface area contributed by atoms with Crippen LogP contribution in [0.5, 0.6) is 0 Å². The van der Waals surface area contributed by atoms with E-state index in [0.717, 1.165) is 6.42 Å². The van der Waals surface area contributed by atoms with Gasteiger partial charge in [0, 0.05) is 0 Å². The average molecular weight is 353 g/mol. The summed E-state index contributed by atoms with van der Waals surface area (Å²) in [4.78, 5) is 0. The van der Waals surface area contributed by atoms with E-state index in [1.807, 2.05) is 6.08 Å². The van der Waals surface area contributed by atoms with Gasteiger partial charge in [-0.2, -0.15) is 0 Å². The van der Waals surface area contributed by atoms with Crippen molar-refractivity contribution in [3.05, 3.63) is 113 Å². The Morgan fingerprint density at radius 1 is 0.815 bits per heavy atom. The van der Waals surface area contributed by atoms with Crippen molar-refractivity contribution in [1.82, 2.24) is 0 Å². The summed E-state index contributed by atoms with van der Waals surface area (Å²) in [6, 6.07) is 27.9. The summed E-state index contributed by atoms with van der Waals surface area (Å²) in [5, 5.41) is 0. The predicted octanol–water partition coefficient (Wildman–Crippen LogP) is 7.55. The van der Waals surface area contributed by atoms with E-state index in [-0.39, 0.29) is 5.41 Å². The van der Waals surface area contributed by atoms with Gasteiger partial charge in [-0.1, -0.05) is 111 Å². The third-order valence-corrected chi connectivity index (χ3v) is 5.30. The molecule has 0 saturated heterocycles. The molecular formula is C27H28. The highest BCUT2D eigenvalue weighted by Crippen LogP contribution is 2.36.